The minimum Gasteiger partial charge on any atom is -0.405 e. The Bertz CT molecular complexity index is 853. The summed E-state index contributed by atoms with van der Waals surface area (Å²) in [4.78, 5) is 4.69. The first-order valence-electron chi connectivity index (χ1n) is 11.0. The van der Waals surface area contributed by atoms with E-state index < -0.39 is 6.36 Å². The molecule has 2 aliphatic rings. The molecule has 4 nitrogen and oxygen atoms in total. The van der Waals surface area contributed by atoms with E-state index in [0.717, 1.165) is 44.4 Å². The fraction of sp³-hybridized carbons (Fsp3) is 0.542. The third-order valence-corrected chi connectivity index (χ3v) is 6.67. The van der Waals surface area contributed by atoms with Gasteiger partial charge in [-0.3, -0.25) is 4.98 Å². The number of ether oxygens (including phenoxy) is 2. The highest BCUT2D eigenvalue weighted by Crippen LogP contribution is 2.49. The molecule has 1 spiro atoms. The highest BCUT2D eigenvalue weighted by atomic mass is 19.4. The summed E-state index contributed by atoms with van der Waals surface area (Å²) in [6, 6.07) is 12.3. The molecule has 0 bridgehead atoms. The van der Waals surface area contributed by atoms with Gasteiger partial charge in [-0.25, -0.2) is 0 Å². The number of alkyl halides is 3. The Labute approximate surface area is 181 Å². The number of nitrogens with zero attached hydrogens (tertiary/aromatic N) is 1. The first-order valence-corrected chi connectivity index (χ1v) is 11.0. The second kappa shape index (κ2) is 9.17. The Kier molecular flexibility index (Phi) is 6.53. The van der Waals surface area contributed by atoms with Gasteiger partial charge in [0.15, 0.2) is 0 Å². The summed E-state index contributed by atoms with van der Waals surface area (Å²) in [5, 5.41) is 3.33. The molecule has 1 aliphatic carbocycles. The summed E-state index contributed by atoms with van der Waals surface area (Å²) in [6.07, 6.45) is 4.45. The van der Waals surface area contributed by atoms with Crippen LogP contribution in [0.5, 0.6) is 5.75 Å². The number of para-hydroxylation sites is 1. The average molecular weight is 435 g/mol. The van der Waals surface area contributed by atoms with Crippen LogP contribution in [0, 0.1) is 0 Å². The van der Waals surface area contributed by atoms with Crippen molar-refractivity contribution in [3.8, 4) is 5.75 Å². The first kappa shape index (κ1) is 22.1. The Morgan fingerprint density at radius 3 is 2.55 bits per heavy atom. The monoisotopic (exact) mass is 434 g/mol. The minimum absolute atomic E-state index is 0.0527. The van der Waals surface area contributed by atoms with Crippen molar-refractivity contribution >= 4 is 0 Å². The Morgan fingerprint density at radius 1 is 1.03 bits per heavy atom. The maximum atomic E-state index is 12.7. The highest BCUT2D eigenvalue weighted by Gasteiger charge is 2.48. The number of rotatable bonds is 7. The Morgan fingerprint density at radius 2 is 1.81 bits per heavy atom. The lowest BCUT2D eigenvalue weighted by Gasteiger charge is -2.46. The van der Waals surface area contributed by atoms with Crippen LogP contribution in [0.15, 0.2) is 48.7 Å². The maximum absolute atomic E-state index is 12.7. The average Bonchev–Trinajstić information content (AvgIpc) is 3.19. The quantitative estimate of drug-likeness (QED) is 0.583. The molecular weight excluding hydrogens is 405 g/mol. The van der Waals surface area contributed by atoms with Crippen molar-refractivity contribution in [3.63, 3.8) is 0 Å². The normalized spacial score (nSPS) is 23.2. The van der Waals surface area contributed by atoms with Gasteiger partial charge in [0.05, 0.1) is 5.60 Å². The molecule has 2 heterocycles. The van der Waals surface area contributed by atoms with E-state index in [1.807, 2.05) is 18.3 Å². The molecule has 0 radical (unpaired) electrons. The highest BCUT2D eigenvalue weighted by molar-refractivity contribution is 5.33. The number of nitrogens with one attached hydrogen (secondary N) is 1. The topological polar surface area (TPSA) is 43.4 Å². The van der Waals surface area contributed by atoms with Gasteiger partial charge in [-0.2, -0.15) is 0 Å². The Balaban J connectivity index is 1.44. The summed E-state index contributed by atoms with van der Waals surface area (Å²) >= 11 is 0. The number of benzene rings is 1. The van der Waals surface area contributed by atoms with Gasteiger partial charge < -0.3 is 14.8 Å². The number of halogens is 3. The molecule has 4 rings (SSSR count). The summed E-state index contributed by atoms with van der Waals surface area (Å²) < 4.78 is 48.5. The summed E-state index contributed by atoms with van der Waals surface area (Å²) in [6.45, 7) is 1.71. The maximum Gasteiger partial charge on any atom is 0.573 e. The molecule has 2 fully saturated rings. The van der Waals surface area contributed by atoms with Crippen LogP contribution in [-0.2, 0) is 16.7 Å². The molecule has 1 saturated heterocycles. The zero-order valence-electron chi connectivity index (χ0n) is 17.6. The van der Waals surface area contributed by atoms with E-state index in [1.54, 1.807) is 18.2 Å². The van der Waals surface area contributed by atoms with E-state index in [4.69, 9.17) is 9.72 Å². The van der Waals surface area contributed by atoms with Crippen LogP contribution in [0.3, 0.4) is 0 Å². The minimum atomic E-state index is -4.70. The van der Waals surface area contributed by atoms with Crippen LogP contribution < -0.4 is 10.1 Å². The summed E-state index contributed by atoms with van der Waals surface area (Å²) in [7, 11) is 0. The van der Waals surface area contributed by atoms with E-state index in [-0.39, 0.29) is 16.8 Å². The smallest absolute Gasteiger partial charge is 0.405 e. The molecule has 1 aromatic heterocycles. The SMILES string of the molecule is FC(F)(F)Oc1ccccc1CNCCC1(c2ccccn2)CCOC2(CCCC2)C1. The molecule has 0 amide bonds. The molecule has 2 aromatic rings. The third kappa shape index (κ3) is 5.39. The van der Waals surface area contributed by atoms with Crippen molar-refractivity contribution in [1.29, 1.82) is 0 Å². The number of hydrogen-bond donors (Lipinski definition) is 1. The number of pyridine rings is 1. The van der Waals surface area contributed by atoms with Gasteiger partial charge in [0.2, 0.25) is 0 Å². The molecule has 1 unspecified atom stereocenters. The van der Waals surface area contributed by atoms with Crippen LogP contribution >= 0.6 is 0 Å². The van der Waals surface area contributed by atoms with Crippen molar-refractivity contribution in [2.75, 3.05) is 13.2 Å². The second-order valence-electron chi connectivity index (χ2n) is 8.74. The van der Waals surface area contributed by atoms with Crippen molar-refractivity contribution in [3.05, 3.63) is 59.9 Å². The number of hydrogen-bond acceptors (Lipinski definition) is 4. The van der Waals surface area contributed by atoms with E-state index in [2.05, 4.69) is 16.1 Å². The summed E-state index contributed by atoms with van der Waals surface area (Å²) in [5.41, 5.74) is 1.44. The summed E-state index contributed by atoms with van der Waals surface area (Å²) in [5.74, 6) is -0.155. The van der Waals surface area contributed by atoms with Crippen molar-refractivity contribution in [2.24, 2.45) is 0 Å². The second-order valence-corrected chi connectivity index (χ2v) is 8.74. The van der Waals surface area contributed by atoms with Crippen LogP contribution in [0.1, 0.15) is 56.2 Å². The lowest BCUT2D eigenvalue weighted by atomic mass is 9.68. The molecule has 7 heteroatoms. The lowest BCUT2D eigenvalue weighted by molar-refractivity contribution is -0.274. The molecule has 1 saturated carbocycles. The van der Waals surface area contributed by atoms with Crippen LogP contribution in [0.25, 0.3) is 0 Å². The van der Waals surface area contributed by atoms with Gasteiger partial charge in [-0.1, -0.05) is 37.1 Å². The van der Waals surface area contributed by atoms with Gasteiger partial charge >= 0.3 is 6.36 Å². The molecule has 31 heavy (non-hydrogen) atoms. The van der Waals surface area contributed by atoms with Gasteiger partial charge in [0.1, 0.15) is 5.75 Å². The number of aromatic nitrogens is 1. The third-order valence-electron chi connectivity index (χ3n) is 6.67. The zero-order chi connectivity index (χ0) is 21.8. The van der Waals surface area contributed by atoms with E-state index >= 15 is 0 Å². The molecule has 1 atom stereocenters. The van der Waals surface area contributed by atoms with Crippen molar-refractivity contribution in [1.82, 2.24) is 10.3 Å². The van der Waals surface area contributed by atoms with Gasteiger partial charge in [-0.15, -0.1) is 13.2 Å². The molecule has 1 aromatic carbocycles. The van der Waals surface area contributed by atoms with Crippen molar-refractivity contribution in [2.45, 2.75) is 68.9 Å². The van der Waals surface area contributed by atoms with Gasteiger partial charge in [0, 0.05) is 36.0 Å². The lowest BCUT2D eigenvalue weighted by Crippen LogP contribution is -2.47. The van der Waals surface area contributed by atoms with E-state index in [0.29, 0.717) is 18.7 Å². The standard InChI is InChI=1S/C24H29F3N2O2/c25-24(26,27)31-20-8-2-1-7-19(20)17-28-15-12-22(21-9-3-6-14-29-21)13-16-30-23(18-22)10-4-5-11-23/h1-3,6-9,14,28H,4-5,10-13,15-18H2. The predicted molar refractivity (Wildman–Crippen MR) is 112 cm³/mol. The molecule has 168 valence electrons. The predicted octanol–water partition coefficient (Wildman–Crippen LogP) is 5.52. The van der Waals surface area contributed by atoms with E-state index in [1.165, 1.54) is 18.9 Å². The zero-order valence-corrected chi connectivity index (χ0v) is 17.6. The van der Waals surface area contributed by atoms with Crippen LogP contribution in [-0.4, -0.2) is 30.1 Å². The van der Waals surface area contributed by atoms with Crippen LogP contribution in [0.2, 0.25) is 0 Å². The largest absolute Gasteiger partial charge is 0.573 e. The van der Waals surface area contributed by atoms with E-state index in [9.17, 15) is 13.2 Å². The molecule has 1 aliphatic heterocycles. The van der Waals surface area contributed by atoms with Gasteiger partial charge in [-0.05, 0) is 56.8 Å². The molecular formula is C24H29F3N2O2. The van der Waals surface area contributed by atoms with Crippen molar-refractivity contribution < 1.29 is 22.6 Å². The first-order chi connectivity index (χ1) is 14.9. The fourth-order valence-corrected chi connectivity index (χ4v) is 5.22. The fourth-order valence-electron chi connectivity index (χ4n) is 5.22. The van der Waals surface area contributed by atoms with Crippen LogP contribution in [0.4, 0.5) is 13.2 Å². The van der Waals surface area contributed by atoms with Gasteiger partial charge in [0.25, 0.3) is 0 Å². The Hall–Kier alpha value is -2.12. The molecule has 1 N–H and O–H groups in total.